The third-order valence-electron chi connectivity index (χ3n) is 2.41. The van der Waals surface area contributed by atoms with Crippen LogP contribution in [0.3, 0.4) is 0 Å². The van der Waals surface area contributed by atoms with Crippen LogP contribution in [0.25, 0.3) is 0 Å². The van der Waals surface area contributed by atoms with Crippen molar-refractivity contribution < 1.29 is 9.13 Å². The molecule has 0 aliphatic heterocycles. The molecule has 20 heavy (non-hydrogen) atoms. The molecular formula is C14H16FN3OS. The molecule has 0 fully saturated rings. The highest BCUT2D eigenvalue weighted by Crippen LogP contribution is 2.18. The van der Waals surface area contributed by atoms with Gasteiger partial charge in [-0.25, -0.2) is 9.37 Å². The number of halogens is 1. The lowest BCUT2D eigenvalue weighted by Crippen LogP contribution is -1.98. The first-order valence-corrected chi connectivity index (χ1v) is 7.20. The van der Waals surface area contributed by atoms with Gasteiger partial charge < -0.3 is 4.74 Å². The third-order valence-corrected chi connectivity index (χ3v) is 3.28. The van der Waals surface area contributed by atoms with E-state index in [9.17, 15) is 4.39 Å². The lowest BCUT2D eigenvalue weighted by Gasteiger charge is -2.05. The van der Waals surface area contributed by atoms with E-state index in [2.05, 4.69) is 15.5 Å². The van der Waals surface area contributed by atoms with E-state index in [4.69, 9.17) is 4.74 Å². The summed E-state index contributed by atoms with van der Waals surface area (Å²) in [6.45, 7) is 4.40. The van der Waals surface area contributed by atoms with E-state index in [1.807, 2.05) is 19.2 Å². The van der Waals surface area contributed by atoms with Crippen LogP contribution in [0.5, 0.6) is 5.75 Å². The van der Waals surface area contributed by atoms with Gasteiger partial charge in [-0.05, 0) is 37.1 Å². The van der Waals surface area contributed by atoms with Crippen LogP contribution in [0, 0.1) is 12.7 Å². The second-order valence-electron chi connectivity index (χ2n) is 4.20. The normalized spacial score (nSPS) is 10.9. The Balaban J connectivity index is 1.97. The first-order valence-electron chi connectivity index (χ1n) is 6.32. The molecule has 0 spiro atoms. The van der Waals surface area contributed by atoms with Crippen LogP contribution < -0.4 is 10.2 Å². The largest absolute Gasteiger partial charge is 0.491 e. The van der Waals surface area contributed by atoms with Crippen LogP contribution >= 0.6 is 11.3 Å². The first kappa shape index (κ1) is 14.5. The molecule has 106 valence electrons. The van der Waals surface area contributed by atoms with Crippen LogP contribution in [0.15, 0.2) is 28.7 Å². The van der Waals surface area contributed by atoms with Gasteiger partial charge in [-0.15, -0.1) is 11.3 Å². The van der Waals surface area contributed by atoms with Gasteiger partial charge in [0.1, 0.15) is 0 Å². The van der Waals surface area contributed by atoms with Gasteiger partial charge in [0.05, 0.1) is 18.5 Å². The van der Waals surface area contributed by atoms with Crippen molar-refractivity contribution in [2.45, 2.75) is 20.3 Å². The fourth-order valence-corrected chi connectivity index (χ4v) is 2.13. The van der Waals surface area contributed by atoms with Gasteiger partial charge in [0.25, 0.3) is 0 Å². The smallest absolute Gasteiger partial charge is 0.203 e. The Bertz CT molecular complexity index is 598. The van der Waals surface area contributed by atoms with Gasteiger partial charge >= 0.3 is 0 Å². The monoisotopic (exact) mass is 293 g/mol. The number of benzene rings is 1. The molecule has 1 N–H and O–H groups in total. The Morgan fingerprint density at radius 3 is 3.00 bits per heavy atom. The number of nitrogens with one attached hydrogen (secondary N) is 1. The summed E-state index contributed by atoms with van der Waals surface area (Å²) in [4.78, 5) is 4.21. The number of hydrogen-bond donors (Lipinski definition) is 1. The highest BCUT2D eigenvalue weighted by molar-refractivity contribution is 7.13. The summed E-state index contributed by atoms with van der Waals surface area (Å²) in [7, 11) is 0. The second kappa shape index (κ2) is 7.00. The quantitative estimate of drug-likeness (QED) is 0.650. The zero-order valence-corrected chi connectivity index (χ0v) is 12.2. The summed E-state index contributed by atoms with van der Waals surface area (Å²) in [6.07, 6.45) is 2.39. The van der Waals surface area contributed by atoms with Crippen molar-refractivity contribution in [2.24, 2.45) is 5.10 Å². The number of thiazole rings is 1. The molecule has 4 nitrogen and oxygen atoms in total. The number of anilines is 1. The molecule has 0 radical (unpaired) electrons. The predicted octanol–water partition coefficient (Wildman–Crippen LogP) is 3.83. The van der Waals surface area contributed by atoms with E-state index >= 15 is 0 Å². The summed E-state index contributed by atoms with van der Waals surface area (Å²) in [5.41, 5.74) is 4.41. The first-order chi connectivity index (χ1) is 9.69. The van der Waals surface area contributed by atoms with Gasteiger partial charge in [-0.3, -0.25) is 5.43 Å². The lowest BCUT2D eigenvalue weighted by atomic mass is 10.2. The molecule has 0 aliphatic carbocycles. The Labute approximate surface area is 121 Å². The molecule has 0 saturated carbocycles. The van der Waals surface area contributed by atoms with Crippen LogP contribution in [0.1, 0.15) is 24.6 Å². The van der Waals surface area contributed by atoms with E-state index in [-0.39, 0.29) is 11.6 Å². The Hall–Kier alpha value is -1.95. The minimum Gasteiger partial charge on any atom is -0.491 e. The summed E-state index contributed by atoms with van der Waals surface area (Å²) >= 11 is 1.47. The molecule has 6 heteroatoms. The zero-order chi connectivity index (χ0) is 14.4. The number of aryl methyl sites for hydroxylation is 1. The Morgan fingerprint density at radius 2 is 2.35 bits per heavy atom. The van der Waals surface area contributed by atoms with Crippen molar-refractivity contribution in [1.82, 2.24) is 4.98 Å². The fourth-order valence-electron chi connectivity index (χ4n) is 1.49. The van der Waals surface area contributed by atoms with E-state index in [1.165, 1.54) is 17.4 Å². The van der Waals surface area contributed by atoms with Crippen molar-refractivity contribution in [2.75, 3.05) is 12.0 Å². The maximum Gasteiger partial charge on any atom is 0.203 e. The zero-order valence-electron chi connectivity index (χ0n) is 11.4. The SMILES string of the molecule is CCCOc1ccc(C=NNc2nc(C)cs2)cc1F. The molecule has 0 aliphatic rings. The standard InChI is InChI=1S/C14H16FN3OS/c1-3-6-19-13-5-4-11(7-12(13)15)8-16-18-14-17-10(2)9-20-14/h4-5,7-9H,3,6H2,1-2H3,(H,17,18). The minimum absolute atomic E-state index is 0.271. The molecule has 0 atom stereocenters. The van der Waals surface area contributed by atoms with E-state index in [1.54, 1.807) is 18.3 Å². The molecule has 1 aromatic carbocycles. The third kappa shape index (κ3) is 4.03. The summed E-state index contributed by atoms with van der Waals surface area (Å²) in [6, 6.07) is 4.76. The van der Waals surface area contributed by atoms with Crippen molar-refractivity contribution in [3.05, 3.63) is 40.7 Å². The number of nitrogens with zero attached hydrogens (tertiary/aromatic N) is 2. The average Bonchev–Trinajstić information content (AvgIpc) is 2.84. The van der Waals surface area contributed by atoms with Crippen LogP contribution in [-0.4, -0.2) is 17.8 Å². The number of rotatable bonds is 6. The van der Waals surface area contributed by atoms with Gasteiger partial charge in [0, 0.05) is 5.38 Å². The Morgan fingerprint density at radius 1 is 1.50 bits per heavy atom. The van der Waals surface area contributed by atoms with Gasteiger partial charge in [0.2, 0.25) is 5.13 Å². The molecule has 2 aromatic rings. The molecule has 0 unspecified atom stereocenters. The van der Waals surface area contributed by atoms with Gasteiger partial charge in [0.15, 0.2) is 11.6 Å². The summed E-state index contributed by atoms with van der Waals surface area (Å²) < 4.78 is 19.0. The molecular weight excluding hydrogens is 277 g/mol. The van der Waals surface area contributed by atoms with E-state index in [0.717, 1.165) is 12.1 Å². The van der Waals surface area contributed by atoms with Crippen LogP contribution in [0.2, 0.25) is 0 Å². The van der Waals surface area contributed by atoms with Gasteiger partial charge in [-0.1, -0.05) is 6.92 Å². The highest BCUT2D eigenvalue weighted by atomic mass is 32.1. The maximum atomic E-state index is 13.7. The van der Waals surface area contributed by atoms with Crippen LogP contribution in [-0.2, 0) is 0 Å². The average molecular weight is 293 g/mol. The Kier molecular flexibility index (Phi) is 5.06. The number of hydrazone groups is 1. The minimum atomic E-state index is -0.382. The van der Waals surface area contributed by atoms with Crippen LogP contribution in [0.4, 0.5) is 9.52 Å². The second-order valence-corrected chi connectivity index (χ2v) is 5.06. The van der Waals surface area contributed by atoms with E-state index < -0.39 is 0 Å². The lowest BCUT2D eigenvalue weighted by molar-refractivity contribution is 0.301. The molecule has 0 bridgehead atoms. The topological polar surface area (TPSA) is 46.5 Å². The molecule has 2 rings (SSSR count). The molecule has 0 amide bonds. The van der Waals surface area contributed by atoms with Crippen molar-refractivity contribution >= 4 is 22.7 Å². The van der Waals surface area contributed by atoms with E-state index in [0.29, 0.717) is 17.3 Å². The molecule has 0 saturated heterocycles. The van der Waals surface area contributed by atoms with Crippen molar-refractivity contribution in [1.29, 1.82) is 0 Å². The number of hydrogen-bond acceptors (Lipinski definition) is 5. The maximum absolute atomic E-state index is 13.7. The van der Waals surface area contributed by atoms with Gasteiger partial charge in [-0.2, -0.15) is 5.10 Å². The van der Waals surface area contributed by atoms with Crippen molar-refractivity contribution in [3.8, 4) is 5.75 Å². The summed E-state index contributed by atoms with van der Waals surface area (Å²) in [5, 5.41) is 6.66. The summed E-state index contributed by atoms with van der Waals surface area (Å²) in [5.74, 6) is -0.111. The molecule has 1 aromatic heterocycles. The number of ether oxygens (including phenoxy) is 1. The fraction of sp³-hybridized carbons (Fsp3) is 0.286. The highest BCUT2D eigenvalue weighted by Gasteiger charge is 2.03. The number of aromatic nitrogens is 1. The van der Waals surface area contributed by atoms with Crippen molar-refractivity contribution in [3.63, 3.8) is 0 Å². The molecule has 1 heterocycles. The predicted molar refractivity (Wildman–Crippen MR) is 80.3 cm³/mol.